The number of likely N-dealkylation sites (tertiary alicyclic amines) is 1. The molecule has 1 saturated carbocycles. The average molecular weight is 298 g/mol. The average Bonchev–Trinajstić information content (AvgIpc) is 3.14. The van der Waals surface area contributed by atoms with E-state index in [0.29, 0.717) is 19.0 Å². The summed E-state index contributed by atoms with van der Waals surface area (Å²) in [6, 6.07) is 12.5. The van der Waals surface area contributed by atoms with Gasteiger partial charge >= 0.3 is 6.09 Å². The van der Waals surface area contributed by atoms with E-state index in [1.807, 2.05) is 51.1 Å². The van der Waals surface area contributed by atoms with Gasteiger partial charge < -0.3 is 9.64 Å². The molecule has 1 aromatic carbocycles. The van der Waals surface area contributed by atoms with E-state index in [1.165, 1.54) is 0 Å². The zero-order chi connectivity index (χ0) is 16.0. The third-order valence-electron chi connectivity index (χ3n) is 4.76. The van der Waals surface area contributed by atoms with E-state index in [0.717, 1.165) is 12.0 Å². The minimum Gasteiger partial charge on any atom is -0.444 e. The number of nitrogens with zero attached hydrogens (tertiary/aromatic N) is 2. The van der Waals surface area contributed by atoms with Gasteiger partial charge in [0.1, 0.15) is 5.60 Å². The third kappa shape index (κ3) is 2.35. The van der Waals surface area contributed by atoms with Gasteiger partial charge in [0.15, 0.2) is 0 Å². The molecule has 3 rings (SSSR count). The van der Waals surface area contributed by atoms with Gasteiger partial charge in [-0.15, -0.1) is 0 Å². The lowest BCUT2D eigenvalue weighted by Gasteiger charge is -2.29. The molecule has 0 N–H and O–H groups in total. The summed E-state index contributed by atoms with van der Waals surface area (Å²) in [6.45, 7) is 6.91. The van der Waals surface area contributed by atoms with E-state index in [4.69, 9.17) is 4.74 Å². The lowest BCUT2D eigenvalue weighted by atomic mass is 9.93. The van der Waals surface area contributed by atoms with Crippen molar-refractivity contribution < 1.29 is 9.53 Å². The van der Waals surface area contributed by atoms with Gasteiger partial charge in [-0.2, -0.15) is 5.26 Å². The number of fused-ring (bicyclic) bond motifs is 1. The van der Waals surface area contributed by atoms with Crippen LogP contribution in [0.5, 0.6) is 0 Å². The van der Waals surface area contributed by atoms with Gasteiger partial charge in [-0.3, -0.25) is 0 Å². The Morgan fingerprint density at radius 3 is 2.59 bits per heavy atom. The van der Waals surface area contributed by atoms with Gasteiger partial charge in [-0.25, -0.2) is 4.79 Å². The molecule has 1 aliphatic heterocycles. The Hall–Kier alpha value is -2.02. The number of piperidine rings is 1. The summed E-state index contributed by atoms with van der Waals surface area (Å²) >= 11 is 0. The molecular weight excluding hydrogens is 276 g/mol. The van der Waals surface area contributed by atoms with Crippen LogP contribution in [0.1, 0.15) is 32.8 Å². The number of rotatable bonds is 1. The van der Waals surface area contributed by atoms with Gasteiger partial charge in [0.25, 0.3) is 0 Å². The first-order valence-electron chi connectivity index (χ1n) is 7.83. The molecule has 2 aliphatic rings. The normalized spacial score (nSPS) is 30.2. The SMILES string of the molecule is CC(C)(C)OC(=O)N1CCC2C(C1)C2(C#N)c1ccccc1. The molecule has 4 nitrogen and oxygen atoms in total. The Morgan fingerprint density at radius 2 is 2.00 bits per heavy atom. The van der Waals surface area contributed by atoms with Gasteiger partial charge in [-0.1, -0.05) is 30.3 Å². The summed E-state index contributed by atoms with van der Waals surface area (Å²) in [6.07, 6.45) is 0.601. The zero-order valence-electron chi connectivity index (χ0n) is 13.4. The van der Waals surface area contributed by atoms with Crippen LogP contribution < -0.4 is 0 Å². The van der Waals surface area contributed by atoms with Gasteiger partial charge in [0, 0.05) is 19.0 Å². The molecule has 3 atom stereocenters. The summed E-state index contributed by atoms with van der Waals surface area (Å²) in [5.41, 5.74) is 0.180. The molecular formula is C18H22N2O2. The van der Waals surface area contributed by atoms with Crippen molar-refractivity contribution in [3.8, 4) is 6.07 Å². The van der Waals surface area contributed by atoms with Crippen LogP contribution >= 0.6 is 0 Å². The first kappa shape index (κ1) is 14.9. The third-order valence-corrected chi connectivity index (χ3v) is 4.76. The number of hydrogen-bond donors (Lipinski definition) is 0. The lowest BCUT2D eigenvalue weighted by molar-refractivity contribution is 0.0207. The van der Waals surface area contributed by atoms with Crippen LogP contribution in [0.15, 0.2) is 30.3 Å². The van der Waals surface area contributed by atoms with Crippen molar-refractivity contribution in [2.45, 2.75) is 38.2 Å². The molecule has 3 unspecified atom stereocenters. The van der Waals surface area contributed by atoms with Gasteiger partial charge in [0.05, 0.1) is 11.5 Å². The van der Waals surface area contributed by atoms with Crippen molar-refractivity contribution in [2.75, 3.05) is 13.1 Å². The fraction of sp³-hybridized carbons (Fsp3) is 0.556. The van der Waals surface area contributed by atoms with Crippen LogP contribution in [0.4, 0.5) is 4.79 Å². The second-order valence-electron chi connectivity index (χ2n) is 7.27. The number of benzene rings is 1. The van der Waals surface area contributed by atoms with Crippen molar-refractivity contribution in [2.24, 2.45) is 11.8 Å². The molecule has 1 saturated heterocycles. The first-order chi connectivity index (χ1) is 10.4. The highest BCUT2D eigenvalue weighted by Gasteiger charge is 2.67. The maximum Gasteiger partial charge on any atom is 0.410 e. The predicted molar refractivity (Wildman–Crippen MR) is 83.1 cm³/mol. The number of nitriles is 1. The van der Waals surface area contributed by atoms with Crippen LogP contribution in [0.25, 0.3) is 0 Å². The lowest BCUT2D eigenvalue weighted by Crippen LogP contribution is -2.40. The highest BCUT2D eigenvalue weighted by Crippen LogP contribution is 2.63. The van der Waals surface area contributed by atoms with E-state index in [1.54, 1.807) is 4.90 Å². The topological polar surface area (TPSA) is 53.3 Å². The van der Waals surface area contributed by atoms with E-state index in [2.05, 4.69) is 6.07 Å². The highest BCUT2D eigenvalue weighted by molar-refractivity contribution is 5.68. The number of hydrogen-bond acceptors (Lipinski definition) is 3. The van der Waals surface area contributed by atoms with Crippen molar-refractivity contribution >= 4 is 6.09 Å². The van der Waals surface area contributed by atoms with Crippen molar-refractivity contribution in [1.82, 2.24) is 4.90 Å². The summed E-state index contributed by atoms with van der Waals surface area (Å²) in [7, 11) is 0. The van der Waals surface area contributed by atoms with Crippen LogP contribution in [-0.2, 0) is 10.2 Å². The minimum absolute atomic E-state index is 0.223. The monoisotopic (exact) mass is 298 g/mol. The smallest absolute Gasteiger partial charge is 0.410 e. The molecule has 0 aromatic heterocycles. The summed E-state index contributed by atoms with van der Waals surface area (Å²) in [4.78, 5) is 14.0. The second-order valence-corrected chi connectivity index (χ2v) is 7.27. The maximum absolute atomic E-state index is 12.2. The molecule has 116 valence electrons. The van der Waals surface area contributed by atoms with Crippen LogP contribution in [-0.4, -0.2) is 29.7 Å². The number of carbonyl (C=O) groups excluding carboxylic acids is 1. The molecule has 1 heterocycles. The van der Waals surface area contributed by atoms with E-state index in [9.17, 15) is 10.1 Å². The van der Waals surface area contributed by atoms with Crippen molar-refractivity contribution in [3.05, 3.63) is 35.9 Å². The van der Waals surface area contributed by atoms with E-state index >= 15 is 0 Å². The Bertz CT molecular complexity index is 614. The summed E-state index contributed by atoms with van der Waals surface area (Å²) < 4.78 is 5.46. The molecule has 0 spiro atoms. The fourth-order valence-electron chi connectivity index (χ4n) is 3.73. The fourth-order valence-corrected chi connectivity index (χ4v) is 3.73. The number of amides is 1. The Balaban J connectivity index is 1.75. The van der Waals surface area contributed by atoms with Crippen LogP contribution in [0.3, 0.4) is 0 Å². The Kier molecular flexibility index (Phi) is 3.40. The zero-order valence-corrected chi connectivity index (χ0v) is 13.4. The number of ether oxygens (including phenoxy) is 1. The molecule has 1 amide bonds. The molecule has 1 aliphatic carbocycles. The largest absolute Gasteiger partial charge is 0.444 e. The minimum atomic E-state index is -0.483. The van der Waals surface area contributed by atoms with Crippen LogP contribution in [0.2, 0.25) is 0 Å². The van der Waals surface area contributed by atoms with Crippen molar-refractivity contribution in [1.29, 1.82) is 5.26 Å². The van der Waals surface area contributed by atoms with E-state index < -0.39 is 11.0 Å². The maximum atomic E-state index is 12.2. The molecule has 2 fully saturated rings. The van der Waals surface area contributed by atoms with Gasteiger partial charge in [0.2, 0.25) is 0 Å². The molecule has 1 aromatic rings. The quantitative estimate of drug-likeness (QED) is 0.799. The summed E-state index contributed by atoms with van der Waals surface area (Å²) in [5, 5.41) is 9.77. The highest BCUT2D eigenvalue weighted by atomic mass is 16.6. The van der Waals surface area contributed by atoms with Gasteiger partial charge in [-0.05, 0) is 38.7 Å². The first-order valence-corrected chi connectivity index (χ1v) is 7.83. The van der Waals surface area contributed by atoms with Crippen LogP contribution in [0, 0.1) is 23.2 Å². The molecule has 22 heavy (non-hydrogen) atoms. The number of carbonyl (C=O) groups is 1. The molecule has 0 radical (unpaired) electrons. The standard InChI is InChI=1S/C18H22N2O2/c1-17(2,3)22-16(21)20-10-9-14-15(11-20)18(14,12-19)13-7-5-4-6-8-13/h4-8,14-15H,9-11H2,1-3H3. The molecule has 4 heteroatoms. The Morgan fingerprint density at radius 1 is 1.32 bits per heavy atom. The predicted octanol–water partition coefficient (Wildman–Crippen LogP) is 3.33. The van der Waals surface area contributed by atoms with Crippen molar-refractivity contribution in [3.63, 3.8) is 0 Å². The summed E-state index contributed by atoms with van der Waals surface area (Å²) in [5.74, 6) is 0.583. The van der Waals surface area contributed by atoms with E-state index in [-0.39, 0.29) is 12.0 Å². The Labute approximate surface area is 131 Å². The second kappa shape index (κ2) is 5.01. The molecule has 0 bridgehead atoms.